The second-order valence-corrected chi connectivity index (χ2v) is 16.9. The number of hydrogen-bond donors (Lipinski definition) is 0. The van der Waals surface area contributed by atoms with Gasteiger partial charge in [0.1, 0.15) is 12.6 Å². The predicted octanol–water partition coefficient (Wildman–Crippen LogP) is 4.55. The summed E-state index contributed by atoms with van der Waals surface area (Å²) in [5.74, 6) is -0.0842. The molecule has 8 nitrogen and oxygen atoms in total. The topological polar surface area (TPSA) is 89.8 Å². The van der Waals surface area contributed by atoms with Gasteiger partial charge in [-0.05, 0) is 21.8 Å². The minimum atomic E-state index is -2.86. The molecule has 0 bridgehead atoms. The smallest absolute Gasteiger partial charge is 0.326 e. The quantitative estimate of drug-likeness (QED) is 0.289. The van der Waals surface area contributed by atoms with E-state index in [-0.39, 0.29) is 36.2 Å². The molecule has 0 spiro atoms. The SMILES string of the molecule is CC(C)(C)[Si](OCC(=O)N1CCC(N2CC(C#N)N(c3cncc4ccccc34)C2=O)C1)(c1ccccc1)c1ccccc1. The summed E-state index contributed by atoms with van der Waals surface area (Å²) in [6, 6.07) is 29.6. The number of nitriles is 1. The fraction of sp³-hybridized carbons (Fsp3) is 0.314. The van der Waals surface area contributed by atoms with E-state index in [2.05, 4.69) is 56.1 Å². The maximum absolute atomic E-state index is 13.8. The van der Waals surface area contributed by atoms with Gasteiger partial charge in [0.05, 0.1) is 30.5 Å². The van der Waals surface area contributed by atoms with Crippen molar-refractivity contribution in [1.82, 2.24) is 14.8 Å². The molecular weight excluding hydrogens is 567 g/mol. The van der Waals surface area contributed by atoms with Crippen LogP contribution in [0.4, 0.5) is 10.5 Å². The number of rotatable bonds is 7. The van der Waals surface area contributed by atoms with Crippen molar-refractivity contribution in [3.63, 3.8) is 0 Å². The lowest BCUT2D eigenvalue weighted by Crippen LogP contribution is -2.67. The van der Waals surface area contributed by atoms with E-state index in [9.17, 15) is 14.9 Å². The highest BCUT2D eigenvalue weighted by Gasteiger charge is 2.51. The fourth-order valence-electron chi connectivity index (χ4n) is 6.83. The van der Waals surface area contributed by atoms with Crippen LogP contribution in [0.5, 0.6) is 0 Å². The van der Waals surface area contributed by atoms with E-state index in [4.69, 9.17) is 4.43 Å². The first kappa shape index (κ1) is 29.5. The van der Waals surface area contributed by atoms with Crippen molar-refractivity contribution in [2.24, 2.45) is 0 Å². The number of nitrogens with zero attached hydrogens (tertiary/aromatic N) is 5. The summed E-state index contributed by atoms with van der Waals surface area (Å²) >= 11 is 0. The Balaban J connectivity index is 1.20. The molecule has 9 heteroatoms. The highest BCUT2D eigenvalue weighted by Crippen LogP contribution is 2.37. The molecule has 1 aromatic heterocycles. The van der Waals surface area contributed by atoms with Gasteiger partial charge in [-0.25, -0.2) is 4.79 Å². The predicted molar refractivity (Wildman–Crippen MR) is 174 cm³/mol. The summed E-state index contributed by atoms with van der Waals surface area (Å²) in [6.45, 7) is 7.76. The zero-order chi connectivity index (χ0) is 30.9. The molecule has 2 aliphatic heterocycles. The van der Waals surface area contributed by atoms with Crippen LogP contribution >= 0.6 is 0 Å². The van der Waals surface area contributed by atoms with Gasteiger partial charge in [0.15, 0.2) is 0 Å². The van der Waals surface area contributed by atoms with Crippen LogP contribution in [0.15, 0.2) is 97.3 Å². The molecule has 2 fully saturated rings. The largest absolute Gasteiger partial charge is 0.398 e. The monoisotopic (exact) mass is 603 g/mol. The van der Waals surface area contributed by atoms with Crippen molar-refractivity contribution in [3.05, 3.63) is 97.3 Å². The van der Waals surface area contributed by atoms with Crippen LogP contribution in [0.1, 0.15) is 27.2 Å². The van der Waals surface area contributed by atoms with Gasteiger partial charge in [-0.3, -0.25) is 14.7 Å². The van der Waals surface area contributed by atoms with Crippen LogP contribution in [0, 0.1) is 11.3 Å². The maximum Gasteiger partial charge on any atom is 0.326 e. The van der Waals surface area contributed by atoms with E-state index >= 15 is 0 Å². The number of fused-ring (bicyclic) bond motifs is 1. The molecule has 2 saturated heterocycles. The van der Waals surface area contributed by atoms with Crippen LogP contribution in [-0.2, 0) is 9.22 Å². The Morgan fingerprint density at radius 2 is 1.59 bits per heavy atom. The van der Waals surface area contributed by atoms with Gasteiger partial charge in [0.25, 0.3) is 8.32 Å². The molecule has 6 rings (SSSR count). The summed E-state index contributed by atoms with van der Waals surface area (Å²) < 4.78 is 6.88. The lowest BCUT2D eigenvalue weighted by atomic mass is 10.1. The third-order valence-corrected chi connectivity index (χ3v) is 14.0. The average molecular weight is 604 g/mol. The molecule has 0 aliphatic carbocycles. The van der Waals surface area contributed by atoms with Crippen molar-refractivity contribution in [2.45, 2.75) is 44.3 Å². The van der Waals surface area contributed by atoms with Gasteiger partial charge in [0.2, 0.25) is 5.91 Å². The summed E-state index contributed by atoms with van der Waals surface area (Å²) in [7, 11) is -2.86. The maximum atomic E-state index is 13.8. The molecule has 3 amide bonds. The van der Waals surface area contributed by atoms with E-state index in [1.807, 2.05) is 60.7 Å². The van der Waals surface area contributed by atoms with Gasteiger partial charge < -0.3 is 14.2 Å². The van der Waals surface area contributed by atoms with Crippen LogP contribution in [-0.4, -0.2) is 73.4 Å². The average Bonchev–Trinajstić information content (AvgIpc) is 3.66. The van der Waals surface area contributed by atoms with Crippen LogP contribution in [0.25, 0.3) is 10.8 Å². The molecule has 0 radical (unpaired) electrons. The molecule has 44 heavy (non-hydrogen) atoms. The highest BCUT2D eigenvalue weighted by molar-refractivity contribution is 6.99. The van der Waals surface area contributed by atoms with Gasteiger partial charge >= 0.3 is 6.03 Å². The lowest BCUT2D eigenvalue weighted by molar-refractivity contribution is -0.132. The molecule has 2 atom stereocenters. The number of amides is 3. The first-order valence-electron chi connectivity index (χ1n) is 15.1. The van der Waals surface area contributed by atoms with Gasteiger partial charge in [-0.15, -0.1) is 0 Å². The number of benzene rings is 3. The van der Waals surface area contributed by atoms with Crippen LogP contribution < -0.4 is 15.3 Å². The van der Waals surface area contributed by atoms with E-state index < -0.39 is 14.4 Å². The number of likely N-dealkylation sites (tertiary alicyclic amines) is 1. The van der Waals surface area contributed by atoms with E-state index in [1.165, 1.54) is 0 Å². The number of anilines is 1. The number of carbonyl (C=O) groups excluding carboxylic acids is 2. The Bertz CT molecular complexity index is 1660. The van der Waals surface area contributed by atoms with E-state index in [0.717, 1.165) is 21.1 Å². The van der Waals surface area contributed by atoms with E-state index in [1.54, 1.807) is 27.1 Å². The molecule has 3 aromatic carbocycles. The molecule has 224 valence electrons. The summed E-state index contributed by atoms with van der Waals surface area (Å²) in [6.07, 6.45) is 4.06. The van der Waals surface area contributed by atoms with Crippen LogP contribution in [0.3, 0.4) is 0 Å². The second kappa shape index (κ2) is 11.9. The van der Waals surface area contributed by atoms with Crippen molar-refractivity contribution >= 4 is 47.1 Å². The zero-order valence-corrected chi connectivity index (χ0v) is 26.4. The Morgan fingerprint density at radius 3 is 2.23 bits per heavy atom. The first-order chi connectivity index (χ1) is 21.2. The first-order valence-corrected chi connectivity index (χ1v) is 17.0. The van der Waals surface area contributed by atoms with Crippen LogP contribution in [0.2, 0.25) is 5.04 Å². The van der Waals surface area contributed by atoms with E-state index in [0.29, 0.717) is 25.2 Å². The number of carbonyl (C=O) groups is 2. The molecule has 3 heterocycles. The Kier molecular flexibility index (Phi) is 7.97. The number of pyridine rings is 1. The molecule has 2 aliphatic rings. The third kappa shape index (κ3) is 5.14. The molecule has 0 N–H and O–H groups in total. The molecule has 0 saturated carbocycles. The van der Waals surface area contributed by atoms with Gasteiger partial charge in [-0.2, -0.15) is 5.26 Å². The van der Waals surface area contributed by atoms with Gasteiger partial charge in [0, 0.05) is 30.1 Å². The summed E-state index contributed by atoms with van der Waals surface area (Å²) in [5.41, 5.74) is 0.631. The lowest BCUT2D eigenvalue weighted by Gasteiger charge is -2.43. The second-order valence-electron chi connectivity index (χ2n) is 12.6. The molecule has 2 unspecified atom stereocenters. The minimum absolute atomic E-state index is 0.0391. The Labute approximate surface area is 259 Å². The third-order valence-electron chi connectivity index (χ3n) is 8.97. The fourth-order valence-corrected chi connectivity index (χ4v) is 11.3. The van der Waals surface area contributed by atoms with Crippen molar-refractivity contribution in [2.75, 3.05) is 31.1 Å². The van der Waals surface area contributed by atoms with Gasteiger partial charge in [-0.1, -0.05) is 106 Å². The number of hydrogen-bond acceptors (Lipinski definition) is 5. The normalized spacial score (nSPS) is 19.0. The number of aromatic nitrogens is 1. The zero-order valence-electron chi connectivity index (χ0n) is 25.4. The molecule has 4 aromatic rings. The van der Waals surface area contributed by atoms with Crippen molar-refractivity contribution in [1.29, 1.82) is 5.26 Å². The standard InChI is InChI=1S/C35H37N5O3Si/c1-35(2,3)44(29-13-6-4-7-14-29,30-15-8-5-9-16-30)43-25-33(41)38-19-18-27(23-38)39-24-28(20-36)40(34(39)42)32-22-37-21-26-12-10-11-17-31(26)32/h4-17,21-22,27-28H,18-19,23-25H2,1-3H3. The summed E-state index contributed by atoms with van der Waals surface area (Å²) in [5, 5.41) is 13.8. The van der Waals surface area contributed by atoms with Crippen molar-refractivity contribution in [3.8, 4) is 6.07 Å². The Hall–Kier alpha value is -4.52. The molecular formula is C35H37N5O3Si. The highest BCUT2D eigenvalue weighted by atomic mass is 28.4. The summed E-state index contributed by atoms with van der Waals surface area (Å²) in [4.78, 5) is 37.0. The Morgan fingerprint density at radius 1 is 0.955 bits per heavy atom. The minimum Gasteiger partial charge on any atom is -0.398 e. The number of urea groups is 1. The van der Waals surface area contributed by atoms with Crippen molar-refractivity contribution < 1.29 is 14.0 Å².